The minimum atomic E-state index is 0.550. The molecule has 1 rings (SSSR count). The van der Waals surface area contributed by atoms with Crippen LogP contribution in [0.15, 0.2) is 0 Å². The van der Waals surface area contributed by atoms with Crippen LogP contribution in [0, 0.1) is 5.92 Å². The maximum Gasteiger partial charge on any atom is 0.0579 e. The van der Waals surface area contributed by atoms with Gasteiger partial charge in [-0.3, -0.25) is 0 Å². The maximum absolute atomic E-state index is 5.66. The van der Waals surface area contributed by atoms with Crippen LogP contribution in [0.2, 0.25) is 0 Å². The molecular weight excluding hydrogens is 174 g/mol. The number of rotatable bonds is 6. The van der Waals surface area contributed by atoms with Crippen LogP contribution < -0.4 is 5.32 Å². The van der Waals surface area contributed by atoms with Gasteiger partial charge >= 0.3 is 0 Å². The van der Waals surface area contributed by atoms with Gasteiger partial charge in [-0.05, 0) is 31.7 Å². The van der Waals surface area contributed by atoms with Crippen molar-refractivity contribution in [2.24, 2.45) is 5.92 Å². The van der Waals surface area contributed by atoms with Crippen molar-refractivity contribution >= 4 is 0 Å². The van der Waals surface area contributed by atoms with Gasteiger partial charge in [-0.1, -0.05) is 27.2 Å². The fourth-order valence-electron chi connectivity index (χ4n) is 2.00. The molecule has 0 radical (unpaired) electrons. The fourth-order valence-corrected chi connectivity index (χ4v) is 2.00. The van der Waals surface area contributed by atoms with Crippen LogP contribution in [-0.4, -0.2) is 25.3 Å². The molecule has 0 bridgehead atoms. The van der Waals surface area contributed by atoms with E-state index in [1.54, 1.807) is 0 Å². The first-order valence-electron chi connectivity index (χ1n) is 6.07. The molecule has 0 saturated carbocycles. The molecule has 84 valence electrons. The monoisotopic (exact) mass is 199 g/mol. The highest BCUT2D eigenvalue weighted by atomic mass is 16.5. The predicted octanol–water partition coefficient (Wildman–Crippen LogP) is 2.58. The summed E-state index contributed by atoms with van der Waals surface area (Å²) in [4.78, 5) is 0. The molecule has 0 aromatic rings. The first kappa shape index (κ1) is 12.0. The molecule has 2 unspecified atom stereocenters. The number of ether oxygens (including phenoxy) is 1. The van der Waals surface area contributed by atoms with E-state index in [1.807, 2.05) is 0 Å². The fraction of sp³-hybridized carbons (Fsp3) is 1.00. The van der Waals surface area contributed by atoms with E-state index in [2.05, 4.69) is 26.1 Å². The molecule has 2 heteroatoms. The van der Waals surface area contributed by atoms with Gasteiger partial charge in [0.2, 0.25) is 0 Å². The van der Waals surface area contributed by atoms with Gasteiger partial charge in [-0.15, -0.1) is 0 Å². The van der Waals surface area contributed by atoms with Gasteiger partial charge < -0.3 is 10.1 Å². The summed E-state index contributed by atoms with van der Waals surface area (Å²) in [6.07, 6.45) is 5.60. The Kier molecular flexibility index (Phi) is 5.49. The molecule has 2 atom stereocenters. The van der Waals surface area contributed by atoms with Crippen molar-refractivity contribution < 1.29 is 4.74 Å². The van der Waals surface area contributed by atoms with E-state index in [-0.39, 0.29) is 0 Å². The molecule has 1 fully saturated rings. The molecule has 2 nitrogen and oxygen atoms in total. The first-order valence-corrected chi connectivity index (χ1v) is 6.07. The summed E-state index contributed by atoms with van der Waals surface area (Å²) in [6, 6.07) is 0.605. The summed E-state index contributed by atoms with van der Waals surface area (Å²) >= 11 is 0. The lowest BCUT2D eigenvalue weighted by atomic mass is 9.97. The summed E-state index contributed by atoms with van der Waals surface area (Å²) in [5, 5.41) is 3.51. The number of hydrogen-bond acceptors (Lipinski definition) is 2. The van der Waals surface area contributed by atoms with Crippen LogP contribution in [0.3, 0.4) is 0 Å². The molecule has 0 aromatic carbocycles. The minimum absolute atomic E-state index is 0.550. The highest BCUT2D eigenvalue weighted by Crippen LogP contribution is 2.21. The highest BCUT2D eigenvalue weighted by Gasteiger charge is 2.19. The molecule has 1 heterocycles. The van der Waals surface area contributed by atoms with Gasteiger partial charge in [0.05, 0.1) is 6.10 Å². The van der Waals surface area contributed by atoms with Gasteiger partial charge in [-0.25, -0.2) is 0 Å². The Bertz CT molecular complexity index is 141. The second-order valence-electron chi connectivity index (χ2n) is 4.71. The molecule has 0 aromatic heterocycles. The second kappa shape index (κ2) is 6.41. The van der Waals surface area contributed by atoms with Gasteiger partial charge in [0.15, 0.2) is 0 Å². The standard InChI is InChI=1S/C12H25NO/c1-4-11(9-13-10(2)3)8-12-6-5-7-14-12/h10-13H,4-9H2,1-3H3. The molecule has 1 saturated heterocycles. The zero-order chi connectivity index (χ0) is 10.4. The van der Waals surface area contributed by atoms with Crippen LogP contribution in [0.5, 0.6) is 0 Å². The van der Waals surface area contributed by atoms with E-state index >= 15 is 0 Å². The zero-order valence-electron chi connectivity index (χ0n) is 9.88. The van der Waals surface area contributed by atoms with Crippen molar-refractivity contribution in [3.05, 3.63) is 0 Å². The average Bonchev–Trinajstić information content (AvgIpc) is 2.64. The van der Waals surface area contributed by atoms with Gasteiger partial charge in [0.25, 0.3) is 0 Å². The Balaban J connectivity index is 2.16. The van der Waals surface area contributed by atoms with Crippen LogP contribution in [0.25, 0.3) is 0 Å². The summed E-state index contributed by atoms with van der Waals surface area (Å²) in [6.45, 7) is 8.83. The lowest BCUT2D eigenvalue weighted by molar-refractivity contribution is 0.0883. The second-order valence-corrected chi connectivity index (χ2v) is 4.71. The Morgan fingerprint density at radius 1 is 1.43 bits per heavy atom. The Morgan fingerprint density at radius 2 is 2.21 bits per heavy atom. The lowest BCUT2D eigenvalue weighted by Crippen LogP contribution is -2.30. The SMILES string of the molecule is CCC(CNC(C)C)CC1CCCO1. The highest BCUT2D eigenvalue weighted by molar-refractivity contribution is 4.72. The molecule has 14 heavy (non-hydrogen) atoms. The summed E-state index contributed by atoms with van der Waals surface area (Å²) in [5.41, 5.74) is 0. The van der Waals surface area contributed by atoms with Gasteiger partial charge in [0.1, 0.15) is 0 Å². The summed E-state index contributed by atoms with van der Waals surface area (Å²) in [7, 11) is 0. The molecule has 1 N–H and O–H groups in total. The lowest BCUT2D eigenvalue weighted by Gasteiger charge is -2.20. The largest absolute Gasteiger partial charge is 0.378 e. The topological polar surface area (TPSA) is 21.3 Å². The number of nitrogens with one attached hydrogen (secondary N) is 1. The van der Waals surface area contributed by atoms with Crippen molar-refractivity contribution in [3.8, 4) is 0 Å². The third-order valence-corrected chi connectivity index (χ3v) is 3.01. The van der Waals surface area contributed by atoms with Crippen molar-refractivity contribution in [2.75, 3.05) is 13.2 Å². The predicted molar refractivity (Wildman–Crippen MR) is 60.5 cm³/mol. The van der Waals surface area contributed by atoms with E-state index in [0.29, 0.717) is 12.1 Å². The molecule has 0 amide bonds. The van der Waals surface area contributed by atoms with Crippen LogP contribution in [0.1, 0.15) is 46.5 Å². The van der Waals surface area contributed by atoms with Gasteiger partial charge in [0, 0.05) is 12.6 Å². The van der Waals surface area contributed by atoms with Crippen molar-refractivity contribution in [1.29, 1.82) is 0 Å². The van der Waals surface area contributed by atoms with E-state index in [9.17, 15) is 0 Å². The molecule has 0 spiro atoms. The van der Waals surface area contributed by atoms with Crippen molar-refractivity contribution in [2.45, 2.75) is 58.6 Å². The first-order chi connectivity index (χ1) is 6.72. The Hall–Kier alpha value is -0.0800. The summed E-state index contributed by atoms with van der Waals surface area (Å²) < 4.78 is 5.66. The minimum Gasteiger partial charge on any atom is -0.378 e. The van der Waals surface area contributed by atoms with Crippen LogP contribution in [-0.2, 0) is 4.74 Å². The third kappa shape index (κ3) is 4.43. The quantitative estimate of drug-likeness (QED) is 0.710. The third-order valence-electron chi connectivity index (χ3n) is 3.01. The molecule has 1 aliphatic rings. The Morgan fingerprint density at radius 3 is 2.71 bits per heavy atom. The van der Waals surface area contributed by atoms with E-state index in [4.69, 9.17) is 4.74 Å². The van der Waals surface area contributed by atoms with E-state index in [1.165, 1.54) is 25.7 Å². The molecular formula is C12H25NO. The van der Waals surface area contributed by atoms with E-state index < -0.39 is 0 Å². The van der Waals surface area contributed by atoms with Crippen LogP contribution >= 0.6 is 0 Å². The number of hydrogen-bond donors (Lipinski definition) is 1. The smallest absolute Gasteiger partial charge is 0.0579 e. The zero-order valence-corrected chi connectivity index (χ0v) is 9.88. The maximum atomic E-state index is 5.66. The van der Waals surface area contributed by atoms with Crippen LogP contribution in [0.4, 0.5) is 0 Å². The van der Waals surface area contributed by atoms with Crippen molar-refractivity contribution in [3.63, 3.8) is 0 Å². The molecule has 0 aliphatic carbocycles. The van der Waals surface area contributed by atoms with E-state index in [0.717, 1.165) is 19.1 Å². The Labute approximate surface area is 88.4 Å². The summed E-state index contributed by atoms with van der Waals surface area (Å²) in [5.74, 6) is 0.792. The average molecular weight is 199 g/mol. The van der Waals surface area contributed by atoms with Crippen molar-refractivity contribution in [1.82, 2.24) is 5.32 Å². The normalized spacial score (nSPS) is 24.4. The van der Waals surface area contributed by atoms with Gasteiger partial charge in [-0.2, -0.15) is 0 Å². The molecule has 1 aliphatic heterocycles.